The summed E-state index contributed by atoms with van der Waals surface area (Å²) in [4.78, 5) is 24.5. The van der Waals surface area contributed by atoms with Crippen LogP contribution in [0.5, 0.6) is 0 Å². The van der Waals surface area contributed by atoms with Gasteiger partial charge in [-0.1, -0.05) is 12.2 Å². The van der Waals surface area contributed by atoms with Gasteiger partial charge in [0.1, 0.15) is 5.71 Å². The number of nitrogens with zero attached hydrogens (tertiary/aromatic N) is 2. The average Bonchev–Trinajstić information content (AvgIpc) is 3.28. The van der Waals surface area contributed by atoms with Crippen LogP contribution in [0.25, 0.3) is 0 Å². The first-order valence-corrected chi connectivity index (χ1v) is 10.8. The summed E-state index contributed by atoms with van der Waals surface area (Å²) in [5.41, 5.74) is 0.336. The number of carbonyl (C=O) groups excluding carboxylic acids is 2. The summed E-state index contributed by atoms with van der Waals surface area (Å²) in [6.07, 6.45) is 7.76. The second kappa shape index (κ2) is 6.23. The van der Waals surface area contributed by atoms with E-state index in [1.165, 1.54) is 11.4 Å². The number of rotatable bonds is 4. The monoisotopic (exact) mass is 365 g/mol. The summed E-state index contributed by atoms with van der Waals surface area (Å²) in [6.45, 7) is 0.634. The Morgan fingerprint density at radius 1 is 1.28 bits per heavy atom. The Bertz CT molecular complexity index is 758. The zero-order valence-electron chi connectivity index (χ0n) is 14.1. The van der Waals surface area contributed by atoms with Crippen molar-refractivity contribution in [2.24, 2.45) is 22.9 Å². The molecular formula is C17H23N3O4S. The number of sulfone groups is 1. The van der Waals surface area contributed by atoms with Gasteiger partial charge in [0, 0.05) is 19.4 Å². The molecule has 8 heteroatoms. The summed E-state index contributed by atoms with van der Waals surface area (Å²) in [6, 6.07) is -0.434. The van der Waals surface area contributed by atoms with E-state index in [1.807, 2.05) is 0 Å². The van der Waals surface area contributed by atoms with Crippen LogP contribution in [0, 0.1) is 17.8 Å². The first-order chi connectivity index (χ1) is 11.9. The van der Waals surface area contributed by atoms with Crippen LogP contribution >= 0.6 is 0 Å². The third-order valence-corrected chi connectivity index (χ3v) is 7.57. The average molecular weight is 365 g/mol. The lowest BCUT2D eigenvalue weighted by atomic mass is 9.93. The smallest absolute Gasteiger partial charge is 0.267 e. The van der Waals surface area contributed by atoms with Crippen LogP contribution in [0.1, 0.15) is 32.1 Å². The highest BCUT2D eigenvalue weighted by Gasteiger charge is 2.38. The van der Waals surface area contributed by atoms with Crippen molar-refractivity contribution in [3.63, 3.8) is 0 Å². The first-order valence-electron chi connectivity index (χ1n) is 8.98. The van der Waals surface area contributed by atoms with Gasteiger partial charge in [-0.15, -0.1) is 0 Å². The van der Waals surface area contributed by atoms with Gasteiger partial charge < -0.3 is 5.32 Å². The molecule has 0 radical (unpaired) electrons. The molecule has 0 aromatic carbocycles. The topological polar surface area (TPSA) is 95.9 Å². The van der Waals surface area contributed by atoms with Gasteiger partial charge >= 0.3 is 0 Å². The zero-order valence-corrected chi connectivity index (χ0v) is 14.9. The molecule has 2 heterocycles. The van der Waals surface area contributed by atoms with Gasteiger partial charge in [-0.25, -0.2) is 13.4 Å². The van der Waals surface area contributed by atoms with E-state index in [2.05, 4.69) is 22.6 Å². The van der Waals surface area contributed by atoms with Gasteiger partial charge in [0.2, 0.25) is 5.91 Å². The molecule has 2 bridgehead atoms. The maximum Gasteiger partial charge on any atom is 0.267 e. The zero-order chi connectivity index (χ0) is 17.6. The van der Waals surface area contributed by atoms with Crippen LogP contribution in [0.15, 0.2) is 17.3 Å². The highest BCUT2D eigenvalue weighted by molar-refractivity contribution is 7.91. The largest absolute Gasteiger partial charge is 0.351 e. The van der Waals surface area contributed by atoms with Crippen molar-refractivity contribution in [2.45, 2.75) is 38.1 Å². The van der Waals surface area contributed by atoms with E-state index < -0.39 is 15.9 Å². The number of carbonyl (C=O) groups is 2. The van der Waals surface area contributed by atoms with Crippen molar-refractivity contribution < 1.29 is 18.0 Å². The molecule has 0 unspecified atom stereocenters. The van der Waals surface area contributed by atoms with Gasteiger partial charge in [0.25, 0.3) is 5.91 Å². The van der Waals surface area contributed by atoms with E-state index in [1.54, 1.807) is 0 Å². The van der Waals surface area contributed by atoms with Crippen molar-refractivity contribution in [2.75, 3.05) is 18.1 Å². The lowest BCUT2D eigenvalue weighted by Gasteiger charge is -2.28. The number of hydrogen-bond acceptors (Lipinski definition) is 5. The van der Waals surface area contributed by atoms with Crippen molar-refractivity contribution in [1.82, 2.24) is 10.3 Å². The summed E-state index contributed by atoms with van der Waals surface area (Å²) in [7, 11) is -3.10. The van der Waals surface area contributed by atoms with Crippen molar-refractivity contribution in [3.8, 4) is 0 Å². The number of hydrazone groups is 1. The van der Waals surface area contributed by atoms with Crippen LogP contribution in [-0.4, -0.2) is 55.0 Å². The van der Waals surface area contributed by atoms with Crippen molar-refractivity contribution >= 4 is 27.4 Å². The Kier molecular flexibility index (Phi) is 4.17. The van der Waals surface area contributed by atoms with Gasteiger partial charge in [0.15, 0.2) is 9.84 Å². The van der Waals surface area contributed by atoms with Crippen LogP contribution in [-0.2, 0) is 19.4 Å². The highest BCUT2D eigenvalue weighted by Crippen LogP contribution is 2.42. The van der Waals surface area contributed by atoms with Gasteiger partial charge in [0.05, 0.1) is 17.5 Å². The van der Waals surface area contributed by atoms with E-state index in [-0.39, 0.29) is 29.7 Å². The predicted molar refractivity (Wildman–Crippen MR) is 92.4 cm³/mol. The maximum absolute atomic E-state index is 12.4. The second-order valence-electron chi connectivity index (χ2n) is 7.59. The van der Waals surface area contributed by atoms with Gasteiger partial charge in [-0.2, -0.15) is 5.10 Å². The van der Waals surface area contributed by atoms with Crippen LogP contribution in [0.4, 0.5) is 0 Å². The molecule has 0 aromatic rings. The van der Waals surface area contributed by atoms with Gasteiger partial charge in [-0.05, 0) is 37.0 Å². The lowest BCUT2D eigenvalue weighted by Crippen LogP contribution is -2.44. The van der Waals surface area contributed by atoms with E-state index >= 15 is 0 Å². The lowest BCUT2D eigenvalue weighted by molar-refractivity contribution is -0.133. The van der Waals surface area contributed by atoms with Crippen LogP contribution in [0.3, 0.4) is 0 Å². The molecule has 0 aromatic heterocycles. The van der Waals surface area contributed by atoms with Crippen molar-refractivity contribution in [3.05, 3.63) is 12.2 Å². The maximum atomic E-state index is 12.4. The Morgan fingerprint density at radius 3 is 2.76 bits per heavy atom. The predicted octanol–water partition coefficient (Wildman–Crippen LogP) is 0.480. The summed E-state index contributed by atoms with van der Waals surface area (Å²) >= 11 is 0. The number of hydrogen-bond donors (Lipinski definition) is 1. The standard InChI is InChI=1S/C17H23N3O4S/c21-16-4-3-15(19-20(16)14-5-6-25(23,24)10-14)17(22)18-9-13-8-11-1-2-12(13)7-11/h1-2,11-14H,3-10H2,(H,18,22)/t11-,12-,13+,14-/m0/s1. The summed E-state index contributed by atoms with van der Waals surface area (Å²) < 4.78 is 23.3. The minimum Gasteiger partial charge on any atom is -0.351 e. The molecule has 2 fully saturated rings. The quantitative estimate of drug-likeness (QED) is 0.733. The van der Waals surface area contributed by atoms with E-state index in [4.69, 9.17) is 0 Å². The Labute approximate surface area is 147 Å². The molecule has 136 valence electrons. The number of amides is 2. The molecule has 2 amide bonds. The molecule has 25 heavy (non-hydrogen) atoms. The third kappa shape index (κ3) is 3.36. The second-order valence-corrected chi connectivity index (χ2v) is 9.82. The molecule has 4 atom stereocenters. The fourth-order valence-corrected chi connectivity index (χ4v) is 6.14. The SMILES string of the molecule is O=C(NC[C@H]1C[C@H]2C=C[C@H]1C2)C1=NN([C@H]2CCS(=O)(=O)C2)C(=O)CC1. The number of nitrogens with one attached hydrogen (secondary N) is 1. The summed E-state index contributed by atoms with van der Waals surface area (Å²) in [5, 5.41) is 8.41. The van der Waals surface area contributed by atoms with Gasteiger partial charge in [-0.3, -0.25) is 9.59 Å². The number of fused-ring (bicyclic) bond motifs is 2. The highest BCUT2D eigenvalue weighted by atomic mass is 32.2. The molecule has 1 N–H and O–H groups in total. The van der Waals surface area contributed by atoms with E-state index in [0.29, 0.717) is 42.9 Å². The minimum atomic E-state index is -3.10. The molecular weight excluding hydrogens is 342 g/mol. The minimum absolute atomic E-state index is 0.0609. The normalized spacial score (nSPS) is 35.9. The van der Waals surface area contributed by atoms with E-state index in [0.717, 1.165) is 6.42 Å². The van der Waals surface area contributed by atoms with Crippen LogP contribution < -0.4 is 5.32 Å². The molecule has 4 aliphatic rings. The van der Waals surface area contributed by atoms with E-state index in [9.17, 15) is 18.0 Å². The summed E-state index contributed by atoms with van der Waals surface area (Å²) in [5.74, 6) is 1.31. The number of allylic oxidation sites excluding steroid dienone is 2. The molecule has 0 spiro atoms. The first kappa shape index (κ1) is 16.8. The third-order valence-electron chi connectivity index (χ3n) is 5.82. The molecule has 1 saturated heterocycles. The Balaban J connectivity index is 1.39. The Morgan fingerprint density at radius 2 is 2.12 bits per heavy atom. The van der Waals surface area contributed by atoms with Crippen molar-refractivity contribution in [1.29, 1.82) is 0 Å². The molecule has 2 aliphatic heterocycles. The fraction of sp³-hybridized carbons (Fsp3) is 0.706. The molecule has 4 rings (SSSR count). The molecule has 1 saturated carbocycles. The molecule has 2 aliphatic carbocycles. The Hall–Kier alpha value is -1.70. The molecule has 7 nitrogen and oxygen atoms in total. The fourth-order valence-electron chi connectivity index (χ4n) is 4.44. The van der Waals surface area contributed by atoms with Crippen LogP contribution in [0.2, 0.25) is 0 Å².